The number of hydrogen-bond donors (Lipinski definition) is 2. The molecule has 1 rings (SSSR count). The second-order valence-electron chi connectivity index (χ2n) is 4.73. The molecule has 1 aliphatic rings. The van der Waals surface area contributed by atoms with Crippen LogP contribution in [-0.2, 0) is 0 Å². The lowest BCUT2D eigenvalue weighted by Gasteiger charge is -2.35. The molecular formula is C11H25N3O. The van der Waals surface area contributed by atoms with Crippen molar-refractivity contribution in [3.63, 3.8) is 0 Å². The van der Waals surface area contributed by atoms with Gasteiger partial charge < -0.3 is 20.6 Å². The Labute approximate surface area is 93.0 Å². The Kier molecular flexibility index (Phi) is 4.99. The molecule has 1 fully saturated rings. The summed E-state index contributed by atoms with van der Waals surface area (Å²) in [5, 5.41) is 9.79. The van der Waals surface area contributed by atoms with Crippen molar-refractivity contribution in [1.29, 1.82) is 0 Å². The predicted molar refractivity (Wildman–Crippen MR) is 62.8 cm³/mol. The van der Waals surface area contributed by atoms with Crippen molar-refractivity contribution in [2.24, 2.45) is 5.73 Å². The number of nitrogens with zero attached hydrogens (tertiary/aromatic N) is 2. The van der Waals surface area contributed by atoms with E-state index in [0.717, 1.165) is 45.7 Å². The van der Waals surface area contributed by atoms with Crippen LogP contribution >= 0.6 is 0 Å². The highest BCUT2D eigenvalue weighted by atomic mass is 16.3. The first-order valence-electron chi connectivity index (χ1n) is 5.94. The van der Waals surface area contributed by atoms with Crippen molar-refractivity contribution in [3.8, 4) is 0 Å². The van der Waals surface area contributed by atoms with Crippen LogP contribution in [0.2, 0.25) is 0 Å². The van der Waals surface area contributed by atoms with Gasteiger partial charge >= 0.3 is 0 Å². The van der Waals surface area contributed by atoms with E-state index in [4.69, 9.17) is 5.73 Å². The average molecular weight is 215 g/mol. The van der Waals surface area contributed by atoms with Gasteiger partial charge in [-0.1, -0.05) is 6.92 Å². The summed E-state index contributed by atoms with van der Waals surface area (Å²) in [6, 6.07) is 0. The van der Waals surface area contributed by atoms with Crippen molar-refractivity contribution in [2.75, 3.05) is 45.8 Å². The SMILES string of the molecule is CCN1CCN(CCC(C)(O)CN)CC1. The Morgan fingerprint density at radius 3 is 2.20 bits per heavy atom. The summed E-state index contributed by atoms with van der Waals surface area (Å²) in [4.78, 5) is 4.87. The molecule has 1 unspecified atom stereocenters. The minimum atomic E-state index is -0.693. The lowest BCUT2D eigenvalue weighted by molar-refractivity contribution is 0.0395. The van der Waals surface area contributed by atoms with Crippen LogP contribution in [0, 0.1) is 0 Å². The molecule has 4 nitrogen and oxygen atoms in total. The molecule has 0 aromatic rings. The molecule has 0 aliphatic carbocycles. The third-order valence-electron chi connectivity index (χ3n) is 3.32. The van der Waals surface area contributed by atoms with Crippen LogP contribution < -0.4 is 5.73 Å². The van der Waals surface area contributed by atoms with Gasteiger partial charge in [0.05, 0.1) is 5.60 Å². The molecule has 4 heteroatoms. The Morgan fingerprint density at radius 2 is 1.73 bits per heavy atom. The van der Waals surface area contributed by atoms with Gasteiger partial charge in [0.2, 0.25) is 0 Å². The molecule has 0 radical (unpaired) electrons. The third kappa shape index (κ3) is 4.47. The average Bonchev–Trinajstić information content (AvgIpc) is 2.27. The summed E-state index contributed by atoms with van der Waals surface area (Å²) in [5.41, 5.74) is 4.80. The number of nitrogens with two attached hydrogens (primary N) is 1. The quantitative estimate of drug-likeness (QED) is 0.662. The van der Waals surface area contributed by atoms with Crippen molar-refractivity contribution in [2.45, 2.75) is 25.9 Å². The zero-order valence-corrected chi connectivity index (χ0v) is 10.1. The zero-order valence-electron chi connectivity index (χ0n) is 10.1. The van der Waals surface area contributed by atoms with Crippen molar-refractivity contribution < 1.29 is 5.11 Å². The summed E-state index contributed by atoms with van der Waals surface area (Å²) >= 11 is 0. The van der Waals surface area contributed by atoms with E-state index < -0.39 is 5.60 Å². The number of hydrogen-bond acceptors (Lipinski definition) is 4. The molecule has 0 bridgehead atoms. The molecule has 3 N–H and O–H groups in total. The van der Waals surface area contributed by atoms with Crippen molar-refractivity contribution in [1.82, 2.24) is 9.80 Å². The molecule has 0 aromatic carbocycles. The molecule has 0 aromatic heterocycles. The number of rotatable bonds is 5. The van der Waals surface area contributed by atoms with E-state index >= 15 is 0 Å². The van der Waals surface area contributed by atoms with Crippen LogP contribution in [0.3, 0.4) is 0 Å². The van der Waals surface area contributed by atoms with Crippen LogP contribution in [0.25, 0.3) is 0 Å². The fraction of sp³-hybridized carbons (Fsp3) is 1.00. The summed E-state index contributed by atoms with van der Waals surface area (Å²) in [6.07, 6.45) is 0.773. The lowest BCUT2D eigenvalue weighted by Crippen LogP contribution is -2.48. The van der Waals surface area contributed by atoms with Gasteiger partial charge in [-0.15, -0.1) is 0 Å². The van der Waals surface area contributed by atoms with E-state index in [-0.39, 0.29) is 0 Å². The zero-order chi connectivity index (χ0) is 11.3. The Balaban J connectivity index is 2.19. The molecule has 15 heavy (non-hydrogen) atoms. The highest BCUT2D eigenvalue weighted by Gasteiger charge is 2.21. The standard InChI is InChI=1S/C11H25N3O/c1-3-13-6-8-14(9-7-13)5-4-11(2,15)10-12/h15H,3-10,12H2,1-2H3. The molecular weight excluding hydrogens is 190 g/mol. The number of aliphatic hydroxyl groups is 1. The maximum atomic E-state index is 9.79. The summed E-state index contributed by atoms with van der Waals surface area (Å²) < 4.78 is 0. The maximum absolute atomic E-state index is 9.79. The number of likely N-dealkylation sites (N-methyl/N-ethyl adjacent to an activating group) is 1. The van der Waals surface area contributed by atoms with Gasteiger partial charge in [-0.2, -0.15) is 0 Å². The number of piperazine rings is 1. The molecule has 1 saturated heterocycles. The first kappa shape index (κ1) is 12.9. The summed E-state index contributed by atoms with van der Waals surface area (Å²) in [5.74, 6) is 0. The van der Waals surface area contributed by atoms with Gasteiger partial charge in [0, 0.05) is 39.3 Å². The molecule has 0 spiro atoms. The fourth-order valence-corrected chi connectivity index (χ4v) is 1.83. The van der Waals surface area contributed by atoms with Gasteiger partial charge in [0.25, 0.3) is 0 Å². The first-order valence-corrected chi connectivity index (χ1v) is 5.94. The first-order chi connectivity index (χ1) is 7.07. The highest BCUT2D eigenvalue weighted by Crippen LogP contribution is 2.09. The third-order valence-corrected chi connectivity index (χ3v) is 3.32. The van der Waals surface area contributed by atoms with Gasteiger partial charge in [-0.05, 0) is 19.9 Å². The van der Waals surface area contributed by atoms with Crippen LogP contribution in [0.4, 0.5) is 0 Å². The van der Waals surface area contributed by atoms with Crippen molar-refractivity contribution >= 4 is 0 Å². The van der Waals surface area contributed by atoms with Gasteiger partial charge in [0.1, 0.15) is 0 Å². The summed E-state index contributed by atoms with van der Waals surface area (Å²) in [6.45, 7) is 11.0. The Morgan fingerprint density at radius 1 is 1.20 bits per heavy atom. The van der Waals surface area contributed by atoms with Gasteiger partial charge in [-0.3, -0.25) is 0 Å². The van der Waals surface area contributed by atoms with Crippen LogP contribution in [0.15, 0.2) is 0 Å². The highest BCUT2D eigenvalue weighted by molar-refractivity contribution is 4.77. The second kappa shape index (κ2) is 5.80. The van der Waals surface area contributed by atoms with Crippen LogP contribution in [0.5, 0.6) is 0 Å². The van der Waals surface area contributed by atoms with E-state index in [1.807, 2.05) is 6.92 Å². The molecule has 0 amide bonds. The largest absolute Gasteiger partial charge is 0.389 e. The van der Waals surface area contributed by atoms with E-state index in [9.17, 15) is 5.11 Å². The van der Waals surface area contributed by atoms with E-state index in [1.165, 1.54) is 0 Å². The second-order valence-corrected chi connectivity index (χ2v) is 4.73. The molecule has 1 aliphatic heterocycles. The smallest absolute Gasteiger partial charge is 0.0753 e. The molecule has 1 atom stereocenters. The topological polar surface area (TPSA) is 52.7 Å². The lowest BCUT2D eigenvalue weighted by atomic mass is 10.0. The predicted octanol–water partition coefficient (Wildman–Crippen LogP) is -0.276. The Hall–Kier alpha value is -0.160. The minimum absolute atomic E-state index is 0.349. The van der Waals surface area contributed by atoms with Crippen LogP contribution in [-0.4, -0.2) is 66.3 Å². The van der Waals surface area contributed by atoms with E-state index in [1.54, 1.807) is 0 Å². The van der Waals surface area contributed by atoms with Gasteiger partial charge in [-0.25, -0.2) is 0 Å². The Bertz CT molecular complexity index is 177. The van der Waals surface area contributed by atoms with E-state index in [2.05, 4.69) is 16.7 Å². The maximum Gasteiger partial charge on any atom is 0.0753 e. The minimum Gasteiger partial charge on any atom is -0.389 e. The normalized spacial score (nSPS) is 24.0. The monoisotopic (exact) mass is 215 g/mol. The van der Waals surface area contributed by atoms with Gasteiger partial charge in [0.15, 0.2) is 0 Å². The fourth-order valence-electron chi connectivity index (χ4n) is 1.83. The van der Waals surface area contributed by atoms with Crippen LogP contribution in [0.1, 0.15) is 20.3 Å². The summed E-state index contributed by atoms with van der Waals surface area (Å²) in [7, 11) is 0. The van der Waals surface area contributed by atoms with E-state index in [0.29, 0.717) is 6.54 Å². The van der Waals surface area contributed by atoms with Crippen molar-refractivity contribution in [3.05, 3.63) is 0 Å². The molecule has 90 valence electrons. The molecule has 0 saturated carbocycles. The molecule has 1 heterocycles.